The number of rotatable bonds is 6. The molecule has 124 valence electrons. The molecule has 1 saturated carbocycles. The van der Waals surface area contributed by atoms with Crippen molar-refractivity contribution in [2.45, 2.75) is 44.9 Å². The van der Waals surface area contributed by atoms with E-state index < -0.39 is 0 Å². The summed E-state index contributed by atoms with van der Waals surface area (Å²) in [6, 6.07) is 2.26. The molecule has 0 spiro atoms. The van der Waals surface area contributed by atoms with E-state index in [1.165, 1.54) is 4.88 Å². The minimum Gasteiger partial charge on any atom is -0.378 e. The lowest BCUT2D eigenvalue weighted by molar-refractivity contribution is 0.184. The van der Waals surface area contributed by atoms with E-state index in [9.17, 15) is 0 Å². The van der Waals surface area contributed by atoms with Crippen LogP contribution in [-0.2, 0) is 17.9 Å². The van der Waals surface area contributed by atoms with E-state index in [2.05, 4.69) is 20.3 Å². The number of thiazole rings is 1. The van der Waals surface area contributed by atoms with Crippen LogP contribution in [0.3, 0.4) is 0 Å². The summed E-state index contributed by atoms with van der Waals surface area (Å²) in [7, 11) is 1.67. The van der Waals surface area contributed by atoms with Crippen LogP contribution < -0.4 is 16.8 Å². The normalized spacial score (nSPS) is 20.3. The standard InChI is InChI=1S/C15H22N6OS/c1-8-12(23-14(19-8)7-22-2)6-18-13-5-11(20-15(17)21-13)9-3-10(16)4-9/h5,9-10H,3-4,6-7,16H2,1-2H3,(H3,17,18,20,21). The van der Waals surface area contributed by atoms with E-state index in [0.717, 1.165) is 35.1 Å². The summed E-state index contributed by atoms with van der Waals surface area (Å²) in [5.41, 5.74) is 13.7. The molecule has 0 saturated heterocycles. The monoisotopic (exact) mass is 334 g/mol. The summed E-state index contributed by atoms with van der Waals surface area (Å²) >= 11 is 1.64. The molecule has 1 aliphatic carbocycles. The number of nitrogens with one attached hydrogen (secondary N) is 1. The number of nitrogens with two attached hydrogens (primary N) is 2. The van der Waals surface area contributed by atoms with Crippen LogP contribution in [0.1, 0.15) is 40.0 Å². The van der Waals surface area contributed by atoms with Crippen molar-refractivity contribution >= 4 is 23.1 Å². The van der Waals surface area contributed by atoms with Crippen LogP contribution in [0.5, 0.6) is 0 Å². The number of nitrogens with zero attached hydrogens (tertiary/aromatic N) is 3. The summed E-state index contributed by atoms with van der Waals surface area (Å²) < 4.78 is 5.12. The summed E-state index contributed by atoms with van der Waals surface area (Å²) in [5.74, 6) is 1.44. The Bertz CT molecular complexity index is 683. The van der Waals surface area contributed by atoms with Crippen LogP contribution in [0, 0.1) is 6.92 Å². The average Bonchev–Trinajstić information content (AvgIpc) is 2.81. The second-order valence-electron chi connectivity index (χ2n) is 5.87. The van der Waals surface area contributed by atoms with E-state index in [1.807, 2.05) is 13.0 Å². The molecule has 0 atom stereocenters. The van der Waals surface area contributed by atoms with Crippen molar-refractivity contribution in [2.75, 3.05) is 18.2 Å². The molecule has 8 heteroatoms. The van der Waals surface area contributed by atoms with Crippen LogP contribution in [-0.4, -0.2) is 28.1 Å². The SMILES string of the molecule is COCc1nc(C)c(CNc2cc(C3CC(N)C3)nc(N)n2)s1. The van der Waals surface area contributed by atoms with Crippen LogP contribution in [0.15, 0.2) is 6.07 Å². The molecule has 1 fully saturated rings. The molecule has 0 aromatic carbocycles. The number of hydrogen-bond acceptors (Lipinski definition) is 8. The summed E-state index contributed by atoms with van der Waals surface area (Å²) in [4.78, 5) is 14.3. The third-order valence-corrected chi connectivity index (χ3v) is 5.12. The van der Waals surface area contributed by atoms with E-state index in [0.29, 0.717) is 25.0 Å². The number of methoxy groups -OCH3 is 1. The fraction of sp³-hybridized carbons (Fsp3) is 0.533. The van der Waals surface area contributed by atoms with Gasteiger partial charge in [0.25, 0.3) is 0 Å². The van der Waals surface area contributed by atoms with Gasteiger partial charge in [-0.05, 0) is 19.8 Å². The Kier molecular flexibility index (Phi) is 4.74. The predicted molar refractivity (Wildman–Crippen MR) is 91.3 cm³/mol. The third-order valence-electron chi connectivity index (χ3n) is 3.99. The summed E-state index contributed by atoms with van der Waals surface area (Å²) in [6.45, 7) is 3.20. The number of aromatic nitrogens is 3. The fourth-order valence-corrected chi connectivity index (χ4v) is 3.68. The van der Waals surface area contributed by atoms with Crippen LogP contribution >= 0.6 is 11.3 Å². The van der Waals surface area contributed by atoms with Gasteiger partial charge in [0.2, 0.25) is 5.95 Å². The van der Waals surface area contributed by atoms with E-state index in [-0.39, 0.29) is 6.04 Å². The van der Waals surface area contributed by atoms with Crippen molar-refractivity contribution < 1.29 is 4.74 Å². The lowest BCUT2D eigenvalue weighted by atomic mass is 9.78. The zero-order valence-electron chi connectivity index (χ0n) is 13.4. The molecule has 5 N–H and O–H groups in total. The second-order valence-corrected chi connectivity index (χ2v) is 7.04. The zero-order valence-corrected chi connectivity index (χ0v) is 14.2. The third kappa shape index (κ3) is 3.77. The minimum absolute atomic E-state index is 0.284. The Labute approximate surface area is 139 Å². The van der Waals surface area contributed by atoms with E-state index in [4.69, 9.17) is 16.2 Å². The van der Waals surface area contributed by atoms with Gasteiger partial charge in [-0.3, -0.25) is 0 Å². The van der Waals surface area contributed by atoms with Gasteiger partial charge in [0.15, 0.2) is 0 Å². The summed E-state index contributed by atoms with van der Waals surface area (Å²) in [6.07, 6.45) is 1.93. The van der Waals surface area contributed by atoms with Gasteiger partial charge in [0.1, 0.15) is 10.8 Å². The maximum absolute atomic E-state index is 5.85. The van der Waals surface area contributed by atoms with E-state index in [1.54, 1.807) is 18.4 Å². The first kappa shape index (κ1) is 16.1. The molecule has 2 heterocycles. The molecule has 3 rings (SSSR count). The molecule has 0 unspecified atom stereocenters. The average molecular weight is 334 g/mol. The first-order valence-electron chi connectivity index (χ1n) is 7.63. The van der Waals surface area contributed by atoms with E-state index >= 15 is 0 Å². The zero-order chi connectivity index (χ0) is 16.4. The number of ether oxygens (including phenoxy) is 1. The predicted octanol–water partition coefficient (Wildman–Crippen LogP) is 1.79. The van der Waals surface area contributed by atoms with Crippen molar-refractivity contribution in [3.8, 4) is 0 Å². The van der Waals surface area contributed by atoms with Gasteiger partial charge in [-0.1, -0.05) is 0 Å². The highest BCUT2D eigenvalue weighted by atomic mass is 32.1. The number of hydrogen-bond donors (Lipinski definition) is 3. The second kappa shape index (κ2) is 6.77. The largest absolute Gasteiger partial charge is 0.378 e. The highest BCUT2D eigenvalue weighted by Crippen LogP contribution is 2.35. The van der Waals surface area contributed by atoms with Crippen LogP contribution in [0.2, 0.25) is 0 Å². The molecule has 7 nitrogen and oxygen atoms in total. The Morgan fingerprint density at radius 2 is 2.13 bits per heavy atom. The Morgan fingerprint density at radius 3 is 2.83 bits per heavy atom. The minimum atomic E-state index is 0.284. The smallest absolute Gasteiger partial charge is 0.222 e. The van der Waals surface area contributed by atoms with Gasteiger partial charge in [0.05, 0.1) is 24.5 Å². The van der Waals surface area contributed by atoms with Crippen molar-refractivity contribution in [3.63, 3.8) is 0 Å². The quantitative estimate of drug-likeness (QED) is 0.738. The van der Waals surface area contributed by atoms with Gasteiger partial charge in [-0.15, -0.1) is 11.3 Å². The molecule has 0 radical (unpaired) electrons. The van der Waals surface area contributed by atoms with Crippen molar-refractivity contribution in [1.82, 2.24) is 15.0 Å². The first-order chi connectivity index (χ1) is 11.0. The van der Waals surface area contributed by atoms with Crippen molar-refractivity contribution in [1.29, 1.82) is 0 Å². The maximum Gasteiger partial charge on any atom is 0.222 e. The Balaban J connectivity index is 1.68. The molecule has 2 aromatic heterocycles. The Hall–Kier alpha value is -1.77. The summed E-state index contributed by atoms with van der Waals surface area (Å²) in [5, 5.41) is 4.30. The molecule has 0 bridgehead atoms. The molecule has 2 aromatic rings. The first-order valence-corrected chi connectivity index (χ1v) is 8.44. The van der Waals surface area contributed by atoms with Gasteiger partial charge in [-0.2, -0.15) is 4.98 Å². The highest BCUT2D eigenvalue weighted by Gasteiger charge is 2.29. The number of nitrogen functional groups attached to an aromatic ring is 1. The van der Waals surface area contributed by atoms with Gasteiger partial charge in [0, 0.05) is 30.0 Å². The lowest BCUT2D eigenvalue weighted by Gasteiger charge is -2.32. The Morgan fingerprint density at radius 1 is 1.35 bits per heavy atom. The topological polar surface area (TPSA) is 112 Å². The van der Waals surface area contributed by atoms with Gasteiger partial charge in [-0.25, -0.2) is 9.97 Å². The van der Waals surface area contributed by atoms with Gasteiger partial charge >= 0.3 is 0 Å². The molecule has 0 amide bonds. The van der Waals surface area contributed by atoms with Crippen molar-refractivity contribution in [2.24, 2.45) is 5.73 Å². The molecule has 1 aliphatic rings. The van der Waals surface area contributed by atoms with Crippen LogP contribution in [0.4, 0.5) is 11.8 Å². The molecular weight excluding hydrogens is 312 g/mol. The van der Waals surface area contributed by atoms with Crippen LogP contribution in [0.25, 0.3) is 0 Å². The highest BCUT2D eigenvalue weighted by molar-refractivity contribution is 7.11. The molecular formula is C15H22N6OS. The maximum atomic E-state index is 5.85. The number of anilines is 2. The molecule has 0 aliphatic heterocycles. The number of aryl methyl sites for hydroxylation is 1. The fourth-order valence-electron chi connectivity index (χ4n) is 2.70. The van der Waals surface area contributed by atoms with Crippen molar-refractivity contribution in [3.05, 3.63) is 27.3 Å². The molecule has 23 heavy (non-hydrogen) atoms. The van der Waals surface area contributed by atoms with Gasteiger partial charge < -0.3 is 21.5 Å². The lowest BCUT2D eigenvalue weighted by Crippen LogP contribution is -2.35.